The van der Waals surface area contributed by atoms with Gasteiger partial charge in [0.15, 0.2) is 5.82 Å². The molecule has 0 aromatic carbocycles. The van der Waals surface area contributed by atoms with Crippen LogP contribution in [0.25, 0.3) is 5.82 Å². The fourth-order valence-corrected chi connectivity index (χ4v) is 1.26. The quantitative estimate of drug-likeness (QED) is 0.747. The van der Waals surface area contributed by atoms with E-state index in [1.165, 1.54) is 0 Å². The standard InChI is InChI=1S/C8H7IN4/c1-6-4-13(5-12-6)8-3-10-7(9)2-11-8/h2-5H,1H3. The lowest BCUT2D eigenvalue weighted by molar-refractivity contribution is 0.962. The molecule has 2 heterocycles. The number of nitrogens with zero attached hydrogens (tertiary/aromatic N) is 4. The van der Waals surface area contributed by atoms with E-state index in [2.05, 4.69) is 37.5 Å². The highest BCUT2D eigenvalue weighted by molar-refractivity contribution is 14.1. The highest BCUT2D eigenvalue weighted by Gasteiger charge is 1.98. The molecule has 0 amide bonds. The van der Waals surface area contributed by atoms with Gasteiger partial charge in [-0.3, -0.25) is 4.57 Å². The van der Waals surface area contributed by atoms with Crippen molar-refractivity contribution in [3.8, 4) is 5.82 Å². The van der Waals surface area contributed by atoms with Gasteiger partial charge in [-0.05, 0) is 29.5 Å². The zero-order valence-electron chi connectivity index (χ0n) is 6.98. The van der Waals surface area contributed by atoms with Crippen LogP contribution < -0.4 is 0 Å². The van der Waals surface area contributed by atoms with Gasteiger partial charge in [0.25, 0.3) is 0 Å². The van der Waals surface area contributed by atoms with Crippen LogP contribution in [0.1, 0.15) is 5.69 Å². The number of rotatable bonds is 1. The van der Waals surface area contributed by atoms with Gasteiger partial charge >= 0.3 is 0 Å². The summed E-state index contributed by atoms with van der Waals surface area (Å²) in [5.41, 5.74) is 0.973. The van der Waals surface area contributed by atoms with Crippen LogP contribution in [0.15, 0.2) is 24.9 Å². The normalized spacial score (nSPS) is 10.3. The monoisotopic (exact) mass is 286 g/mol. The molecule has 0 saturated carbocycles. The Morgan fingerprint density at radius 3 is 2.62 bits per heavy atom. The van der Waals surface area contributed by atoms with Crippen molar-refractivity contribution in [2.45, 2.75) is 6.92 Å². The van der Waals surface area contributed by atoms with Gasteiger partial charge in [-0.2, -0.15) is 0 Å². The summed E-state index contributed by atoms with van der Waals surface area (Å²) in [6.45, 7) is 1.94. The van der Waals surface area contributed by atoms with Crippen molar-refractivity contribution in [3.05, 3.63) is 34.3 Å². The van der Waals surface area contributed by atoms with E-state index in [1.807, 2.05) is 17.7 Å². The van der Waals surface area contributed by atoms with Gasteiger partial charge in [0.1, 0.15) is 10.0 Å². The summed E-state index contributed by atoms with van der Waals surface area (Å²) in [7, 11) is 0. The minimum atomic E-state index is 0.793. The van der Waals surface area contributed by atoms with Crippen molar-refractivity contribution in [3.63, 3.8) is 0 Å². The van der Waals surface area contributed by atoms with E-state index in [-0.39, 0.29) is 0 Å². The number of halogens is 1. The van der Waals surface area contributed by atoms with Crippen molar-refractivity contribution in [2.24, 2.45) is 0 Å². The average molecular weight is 286 g/mol. The first kappa shape index (κ1) is 8.61. The average Bonchev–Trinajstić information content (AvgIpc) is 2.53. The lowest BCUT2D eigenvalue weighted by Gasteiger charge is -1.98. The van der Waals surface area contributed by atoms with Crippen LogP contribution >= 0.6 is 22.6 Å². The summed E-state index contributed by atoms with van der Waals surface area (Å²) in [5.74, 6) is 0.793. The highest BCUT2D eigenvalue weighted by Crippen LogP contribution is 2.04. The Morgan fingerprint density at radius 2 is 2.08 bits per heavy atom. The molecule has 4 nitrogen and oxygen atoms in total. The molecule has 0 atom stereocenters. The predicted octanol–water partition coefficient (Wildman–Crippen LogP) is 1.58. The molecule has 2 aromatic heterocycles. The maximum absolute atomic E-state index is 4.21. The first-order valence-electron chi connectivity index (χ1n) is 3.74. The molecule has 0 radical (unpaired) electrons. The third-order valence-corrected chi connectivity index (χ3v) is 2.14. The van der Waals surface area contributed by atoms with Crippen LogP contribution in [0.2, 0.25) is 0 Å². The summed E-state index contributed by atoms with van der Waals surface area (Å²) in [5, 5.41) is 0. The van der Waals surface area contributed by atoms with Crippen molar-refractivity contribution < 1.29 is 0 Å². The predicted molar refractivity (Wildman–Crippen MR) is 56.6 cm³/mol. The molecule has 0 bridgehead atoms. The molecular weight excluding hydrogens is 279 g/mol. The van der Waals surface area contributed by atoms with Crippen LogP contribution in [0.3, 0.4) is 0 Å². The molecule has 13 heavy (non-hydrogen) atoms. The number of hydrogen-bond acceptors (Lipinski definition) is 3. The Bertz CT molecular complexity index is 406. The van der Waals surface area contributed by atoms with Crippen molar-refractivity contribution in [1.29, 1.82) is 0 Å². The summed E-state index contributed by atoms with van der Waals surface area (Å²) in [6, 6.07) is 0. The van der Waals surface area contributed by atoms with Crippen LogP contribution in [0.5, 0.6) is 0 Å². The number of imidazole rings is 1. The summed E-state index contributed by atoms with van der Waals surface area (Å²) in [4.78, 5) is 12.5. The topological polar surface area (TPSA) is 43.6 Å². The molecule has 0 N–H and O–H groups in total. The second-order valence-electron chi connectivity index (χ2n) is 2.62. The second-order valence-corrected chi connectivity index (χ2v) is 3.72. The van der Waals surface area contributed by atoms with Crippen LogP contribution in [-0.4, -0.2) is 19.5 Å². The summed E-state index contributed by atoms with van der Waals surface area (Å²) < 4.78 is 2.73. The Kier molecular flexibility index (Phi) is 2.26. The second kappa shape index (κ2) is 3.41. The maximum atomic E-state index is 4.21. The first-order valence-corrected chi connectivity index (χ1v) is 4.82. The molecule has 0 aliphatic heterocycles. The molecule has 0 aliphatic rings. The molecule has 0 aliphatic carbocycles. The van der Waals surface area contributed by atoms with E-state index in [1.54, 1.807) is 18.7 Å². The fourth-order valence-electron chi connectivity index (χ4n) is 0.985. The largest absolute Gasteiger partial charge is 0.289 e. The molecule has 0 spiro atoms. The van der Waals surface area contributed by atoms with Gasteiger partial charge in [-0.15, -0.1) is 0 Å². The van der Waals surface area contributed by atoms with E-state index in [4.69, 9.17) is 0 Å². The van der Waals surface area contributed by atoms with Crippen molar-refractivity contribution in [1.82, 2.24) is 19.5 Å². The van der Waals surface area contributed by atoms with Crippen LogP contribution in [0, 0.1) is 10.6 Å². The SMILES string of the molecule is Cc1cn(-c2cnc(I)cn2)cn1. The van der Waals surface area contributed by atoms with Crippen molar-refractivity contribution >= 4 is 22.6 Å². The summed E-state index contributed by atoms with van der Waals surface area (Å²) >= 11 is 2.12. The van der Waals surface area contributed by atoms with E-state index in [9.17, 15) is 0 Å². The third-order valence-electron chi connectivity index (χ3n) is 1.58. The molecule has 0 saturated heterocycles. The van der Waals surface area contributed by atoms with Gasteiger partial charge in [-0.25, -0.2) is 15.0 Å². The van der Waals surface area contributed by atoms with Crippen molar-refractivity contribution in [2.75, 3.05) is 0 Å². The third kappa shape index (κ3) is 1.85. The number of aryl methyl sites for hydroxylation is 1. The fraction of sp³-hybridized carbons (Fsp3) is 0.125. The number of aromatic nitrogens is 4. The van der Waals surface area contributed by atoms with E-state index in [0.29, 0.717) is 0 Å². The van der Waals surface area contributed by atoms with E-state index >= 15 is 0 Å². The minimum absolute atomic E-state index is 0.793. The van der Waals surface area contributed by atoms with Gasteiger partial charge in [0.05, 0.1) is 18.1 Å². The number of hydrogen-bond donors (Lipinski definition) is 0. The zero-order chi connectivity index (χ0) is 9.26. The minimum Gasteiger partial charge on any atom is -0.289 e. The highest BCUT2D eigenvalue weighted by atomic mass is 127. The Labute approximate surface area is 89.2 Å². The van der Waals surface area contributed by atoms with E-state index in [0.717, 1.165) is 15.2 Å². The smallest absolute Gasteiger partial charge is 0.156 e. The lowest BCUT2D eigenvalue weighted by Crippen LogP contribution is -1.95. The molecule has 5 heteroatoms. The molecule has 0 fully saturated rings. The Balaban J connectivity index is 2.41. The Morgan fingerprint density at radius 1 is 1.23 bits per heavy atom. The molecule has 66 valence electrons. The zero-order valence-corrected chi connectivity index (χ0v) is 9.13. The lowest BCUT2D eigenvalue weighted by atomic mass is 10.5. The molecule has 2 aromatic rings. The first-order chi connectivity index (χ1) is 6.25. The molecule has 2 rings (SSSR count). The molecule has 0 unspecified atom stereocenters. The van der Waals surface area contributed by atoms with E-state index < -0.39 is 0 Å². The Hall–Kier alpha value is -0.980. The van der Waals surface area contributed by atoms with Crippen LogP contribution in [-0.2, 0) is 0 Å². The van der Waals surface area contributed by atoms with Crippen LogP contribution in [0.4, 0.5) is 0 Å². The summed E-state index contributed by atoms with van der Waals surface area (Å²) in [6.07, 6.45) is 7.09. The van der Waals surface area contributed by atoms with Gasteiger partial charge < -0.3 is 0 Å². The maximum Gasteiger partial charge on any atom is 0.156 e. The van der Waals surface area contributed by atoms with Gasteiger partial charge in [0.2, 0.25) is 0 Å². The molecular formula is C8H7IN4. The van der Waals surface area contributed by atoms with Gasteiger partial charge in [-0.1, -0.05) is 0 Å². The van der Waals surface area contributed by atoms with Gasteiger partial charge in [0, 0.05) is 6.20 Å².